The largest absolute Gasteiger partial charge is 0.353 e. The Labute approximate surface area is 150 Å². The van der Waals surface area contributed by atoms with Gasteiger partial charge in [0.15, 0.2) is 0 Å². The number of imidazole rings is 1. The summed E-state index contributed by atoms with van der Waals surface area (Å²) in [6, 6.07) is 8.47. The fraction of sp³-hybridized carbons (Fsp3) is 0.600. The molecule has 0 unspecified atom stereocenters. The minimum Gasteiger partial charge on any atom is -0.353 e. The molecule has 0 aliphatic carbocycles. The van der Waals surface area contributed by atoms with E-state index < -0.39 is 0 Å². The number of aromatic nitrogens is 2. The number of hydrogen-bond acceptors (Lipinski definition) is 3. The number of benzene rings is 1. The Kier molecular flexibility index (Phi) is 6.08. The number of carbonyl (C=O) groups is 1. The van der Waals surface area contributed by atoms with Crippen molar-refractivity contribution in [1.29, 1.82) is 0 Å². The molecule has 0 saturated carbocycles. The fourth-order valence-corrected chi connectivity index (χ4v) is 3.51. The van der Waals surface area contributed by atoms with Gasteiger partial charge in [-0.2, -0.15) is 0 Å². The number of unbranched alkanes of at least 4 members (excludes halogenated alkanes) is 1. The zero-order valence-electron chi connectivity index (χ0n) is 15.4. The Hall–Kier alpha value is -1.88. The van der Waals surface area contributed by atoms with Gasteiger partial charge in [0.05, 0.1) is 17.6 Å². The number of amides is 1. The van der Waals surface area contributed by atoms with Crippen LogP contribution in [0.2, 0.25) is 0 Å². The van der Waals surface area contributed by atoms with Gasteiger partial charge < -0.3 is 10.3 Å². The molecule has 0 bridgehead atoms. The van der Waals surface area contributed by atoms with E-state index in [2.05, 4.69) is 33.2 Å². The molecule has 5 heteroatoms. The van der Waals surface area contributed by atoms with Gasteiger partial charge in [0.25, 0.3) is 0 Å². The number of nitrogens with one attached hydrogen (secondary N) is 2. The van der Waals surface area contributed by atoms with Crippen molar-refractivity contribution in [3.05, 3.63) is 30.1 Å². The van der Waals surface area contributed by atoms with Crippen LogP contribution >= 0.6 is 0 Å². The Bertz CT molecular complexity index is 655. The molecule has 1 aromatic heterocycles. The van der Waals surface area contributed by atoms with E-state index in [-0.39, 0.29) is 11.8 Å². The molecule has 0 radical (unpaired) electrons. The quantitative estimate of drug-likeness (QED) is 0.810. The predicted octanol–water partition coefficient (Wildman–Crippen LogP) is 3.47. The molecule has 136 valence electrons. The summed E-state index contributed by atoms with van der Waals surface area (Å²) in [6.07, 6.45) is 5.31. The van der Waals surface area contributed by atoms with Crippen LogP contribution < -0.4 is 5.32 Å². The van der Waals surface area contributed by atoms with Crippen LogP contribution in [-0.4, -0.2) is 39.9 Å². The second-order valence-electron chi connectivity index (χ2n) is 7.30. The molecule has 0 spiro atoms. The van der Waals surface area contributed by atoms with Crippen molar-refractivity contribution in [3.63, 3.8) is 0 Å². The lowest BCUT2D eigenvalue weighted by Crippen LogP contribution is -2.45. The van der Waals surface area contributed by atoms with E-state index in [1.54, 1.807) is 0 Å². The first-order valence-corrected chi connectivity index (χ1v) is 9.62. The first-order chi connectivity index (χ1) is 12.2. The van der Waals surface area contributed by atoms with Gasteiger partial charge in [0.2, 0.25) is 5.91 Å². The molecule has 1 aromatic carbocycles. The van der Waals surface area contributed by atoms with Gasteiger partial charge in [-0.1, -0.05) is 38.8 Å². The zero-order valence-corrected chi connectivity index (χ0v) is 15.4. The Balaban J connectivity index is 1.44. The van der Waals surface area contributed by atoms with Crippen molar-refractivity contribution in [2.75, 3.05) is 13.1 Å². The standard InChI is InChI=1S/C20H30N4O/c1-3-4-7-15(2)20(25)21-16-10-12-24(13-11-16)14-19-22-17-8-5-6-9-18(17)23-19/h5-6,8-9,15-16H,3-4,7,10-14H2,1-2H3,(H,21,25)(H,22,23)/t15-/m1/s1. The molecule has 3 rings (SSSR count). The summed E-state index contributed by atoms with van der Waals surface area (Å²) < 4.78 is 0. The molecule has 1 amide bonds. The number of fused-ring (bicyclic) bond motifs is 1. The van der Waals surface area contributed by atoms with Crippen molar-refractivity contribution in [2.45, 2.75) is 58.5 Å². The van der Waals surface area contributed by atoms with Crippen molar-refractivity contribution in [3.8, 4) is 0 Å². The minimum absolute atomic E-state index is 0.133. The monoisotopic (exact) mass is 342 g/mol. The summed E-state index contributed by atoms with van der Waals surface area (Å²) in [7, 11) is 0. The summed E-state index contributed by atoms with van der Waals surface area (Å²) in [5, 5.41) is 3.24. The van der Waals surface area contributed by atoms with E-state index in [0.29, 0.717) is 6.04 Å². The highest BCUT2D eigenvalue weighted by atomic mass is 16.1. The van der Waals surface area contributed by atoms with Gasteiger partial charge >= 0.3 is 0 Å². The van der Waals surface area contributed by atoms with Gasteiger partial charge in [-0.15, -0.1) is 0 Å². The summed E-state index contributed by atoms with van der Waals surface area (Å²) in [5.41, 5.74) is 2.13. The number of piperidine rings is 1. The molecule has 1 aliphatic heterocycles. The fourth-order valence-electron chi connectivity index (χ4n) is 3.51. The van der Waals surface area contributed by atoms with Crippen LogP contribution in [0, 0.1) is 5.92 Å². The maximum absolute atomic E-state index is 12.2. The van der Waals surface area contributed by atoms with E-state index in [9.17, 15) is 4.79 Å². The number of aromatic amines is 1. The number of hydrogen-bond donors (Lipinski definition) is 2. The molecular formula is C20H30N4O. The van der Waals surface area contributed by atoms with Crippen molar-refractivity contribution in [1.82, 2.24) is 20.2 Å². The number of para-hydroxylation sites is 2. The van der Waals surface area contributed by atoms with Crippen LogP contribution in [0.4, 0.5) is 0 Å². The average molecular weight is 342 g/mol. The molecule has 5 nitrogen and oxygen atoms in total. The van der Waals surface area contributed by atoms with E-state index >= 15 is 0 Å². The van der Waals surface area contributed by atoms with E-state index in [1.165, 1.54) is 0 Å². The summed E-state index contributed by atoms with van der Waals surface area (Å²) in [6.45, 7) is 7.07. The van der Waals surface area contributed by atoms with Crippen LogP contribution in [0.5, 0.6) is 0 Å². The lowest BCUT2D eigenvalue weighted by molar-refractivity contribution is -0.125. The number of nitrogens with zero attached hydrogens (tertiary/aromatic N) is 2. The first kappa shape index (κ1) is 17.9. The van der Waals surface area contributed by atoms with Gasteiger partial charge in [0, 0.05) is 25.0 Å². The second-order valence-corrected chi connectivity index (χ2v) is 7.30. The molecule has 2 heterocycles. The van der Waals surface area contributed by atoms with Gasteiger partial charge in [-0.05, 0) is 31.4 Å². The summed E-state index contributed by atoms with van der Waals surface area (Å²) >= 11 is 0. The van der Waals surface area contributed by atoms with E-state index in [1.807, 2.05) is 25.1 Å². The third-order valence-corrected chi connectivity index (χ3v) is 5.18. The molecule has 1 fully saturated rings. The molecule has 1 aliphatic rings. The Morgan fingerprint density at radius 1 is 1.36 bits per heavy atom. The Morgan fingerprint density at radius 3 is 2.84 bits per heavy atom. The van der Waals surface area contributed by atoms with Crippen LogP contribution in [0.3, 0.4) is 0 Å². The molecule has 1 saturated heterocycles. The lowest BCUT2D eigenvalue weighted by atomic mass is 10.0. The summed E-state index contributed by atoms with van der Waals surface area (Å²) in [4.78, 5) is 22.7. The van der Waals surface area contributed by atoms with Crippen LogP contribution in [0.25, 0.3) is 11.0 Å². The third kappa shape index (κ3) is 4.82. The molecule has 2 aromatic rings. The maximum Gasteiger partial charge on any atom is 0.223 e. The SMILES string of the molecule is CCCC[C@@H](C)C(=O)NC1CCN(Cc2nc3ccccc3[nH]2)CC1. The normalized spacial score (nSPS) is 17.7. The van der Waals surface area contributed by atoms with Gasteiger partial charge in [0.1, 0.15) is 5.82 Å². The van der Waals surface area contributed by atoms with Crippen molar-refractivity contribution < 1.29 is 4.79 Å². The van der Waals surface area contributed by atoms with Gasteiger partial charge in [-0.3, -0.25) is 9.69 Å². The van der Waals surface area contributed by atoms with Crippen LogP contribution in [0.15, 0.2) is 24.3 Å². The molecule has 25 heavy (non-hydrogen) atoms. The first-order valence-electron chi connectivity index (χ1n) is 9.62. The smallest absolute Gasteiger partial charge is 0.223 e. The molecular weight excluding hydrogens is 312 g/mol. The van der Waals surface area contributed by atoms with Crippen LogP contribution in [0.1, 0.15) is 51.8 Å². The van der Waals surface area contributed by atoms with Crippen molar-refractivity contribution in [2.24, 2.45) is 5.92 Å². The highest BCUT2D eigenvalue weighted by molar-refractivity contribution is 5.78. The number of carbonyl (C=O) groups excluding carboxylic acids is 1. The number of H-pyrrole nitrogens is 1. The molecule has 2 N–H and O–H groups in total. The highest BCUT2D eigenvalue weighted by Gasteiger charge is 2.23. The zero-order chi connectivity index (χ0) is 17.6. The average Bonchev–Trinajstić information content (AvgIpc) is 3.03. The Morgan fingerprint density at radius 2 is 2.12 bits per heavy atom. The van der Waals surface area contributed by atoms with E-state index in [0.717, 1.165) is 68.6 Å². The maximum atomic E-state index is 12.2. The topological polar surface area (TPSA) is 61.0 Å². The van der Waals surface area contributed by atoms with E-state index in [4.69, 9.17) is 0 Å². The third-order valence-electron chi connectivity index (χ3n) is 5.18. The highest BCUT2D eigenvalue weighted by Crippen LogP contribution is 2.16. The van der Waals surface area contributed by atoms with Crippen LogP contribution in [-0.2, 0) is 11.3 Å². The van der Waals surface area contributed by atoms with Gasteiger partial charge in [-0.25, -0.2) is 4.98 Å². The second kappa shape index (κ2) is 8.48. The van der Waals surface area contributed by atoms with Crippen molar-refractivity contribution >= 4 is 16.9 Å². The lowest BCUT2D eigenvalue weighted by Gasteiger charge is -2.32. The molecule has 1 atom stereocenters. The minimum atomic E-state index is 0.133. The number of likely N-dealkylation sites (tertiary alicyclic amines) is 1. The summed E-state index contributed by atoms with van der Waals surface area (Å²) in [5.74, 6) is 1.38. The number of rotatable bonds is 7. The predicted molar refractivity (Wildman–Crippen MR) is 101 cm³/mol.